The van der Waals surface area contributed by atoms with Gasteiger partial charge in [-0.1, -0.05) is 66.7 Å². The van der Waals surface area contributed by atoms with E-state index in [-0.39, 0.29) is 23.6 Å². The second-order valence-corrected chi connectivity index (χ2v) is 11.1. The Morgan fingerprint density at radius 1 is 0.718 bits per heavy atom. The molecule has 8 rings (SSSR count). The van der Waals surface area contributed by atoms with Gasteiger partial charge in [0.25, 0.3) is 0 Å². The van der Waals surface area contributed by atoms with E-state index in [1.165, 1.54) is 4.90 Å². The Labute approximate surface area is 227 Å². The standard InChI is InChI=1S/C34H28N2O3/c1-19-9-8-10-23(18-19)36-31(37)29-28-24-11-4-6-13-26(24)34(30(29)32(36)38,27-14-7-5-12-25(27)28)33(39)35-22-16-20(2)15-21(3)17-22/h4-18,28-30H,1-3H3,(H,35,39)/t28?,29-,30+,34?/m0/s1. The zero-order chi connectivity index (χ0) is 27.1. The third kappa shape index (κ3) is 3.10. The van der Waals surface area contributed by atoms with Gasteiger partial charge in [-0.3, -0.25) is 14.4 Å². The maximum absolute atomic E-state index is 14.8. The first-order valence-electron chi connectivity index (χ1n) is 13.4. The van der Waals surface area contributed by atoms with Crippen LogP contribution in [0.5, 0.6) is 0 Å². The number of carbonyl (C=O) groups excluding carboxylic acids is 3. The molecule has 0 aromatic heterocycles. The second-order valence-electron chi connectivity index (χ2n) is 11.1. The van der Waals surface area contributed by atoms with Crippen LogP contribution in [0.2, 0.25) is 0 Å². The summed E-state index contributed by atoms with van der Waals surface area (Å²) in [5.41, 5.74) is 6.41. The first-order chi connectivity index (χ1) is 18.8. The predicted octanol–water partition coefficient (Wildman–Crippen LogP) is 5.80. The highest BCUT2D eigenvalue weighted by atomic mass is 16.2. The Morgan fingerprint density at radius 2 is 1.33 bits per heavy atom. The molecular formula is C34H28N2O3. The van der Waals surface area contributed by atoms with E-state index in [1.54, 1.807) is 6.07 Å². The second kappa shape index (κ2) is 8.24. The maximum atomic E-state index is 14.8. The Hall–Kier alpha value is -4.51. The number of nitrogens with one attached hydrogen (secondary N) is 1. The third-order valence-electron chi connectivity index (χ3n) is 8.72. The molecule has 1 fully saturated rings. The van der Waals surface area contributed by atoms with Gasteiger partial charge in [0.15, 0.2) is 0 Å². The number of benzene rings is 4. The van der Waals surface area contributed by atoms with Crippen LogP contribution in [-0.4, -0.2) is 17.7 Å². The van der Waals surface area contributed by atoms with Crippen molar-refractivity contribution in [3.05, 3.63) is 130 Å². The van der Waals surface area contributed by atoms with E-state index < -0.39 is 17.3 Å². The van der Waals surface area contributed by atoms with Gasteiger partial charge >= 0.3 is 0 Å². The molecule has 0 spiro atoms. The first kappa shape index (κ1) is 23.6. The quantitative estimate of drug-likeness (QED) is 0.353. The minimum atomic E-state index is -1.35. The van der Waals surface area contributed by atoms with Gasteiger partial charge in [-0.25, -0.2) is 4.90 Å². The molecule has 4 aromatic carbocycles. The number of hydrogen-bond acceptors (Lipinski definition) is 3. The van der Waals surface area contributed by atoms with Crippen LogP contribution in [0.25, 0.3) is 0 Å². The van der Waals surface area contributed by atoms with Crippen molar-refractivity contribution in [1.82, 2.24) is 0 Å². The molecule has 1 saturated heterocycles. The molecule has 3 amide bonds. The van der Waals surface area contributed by atoms with E-state index in [4.69, 9.17) is 0 Å². The summed E-state index contributed by atoms with van der Waals surface area (Å²) in [6.45, 7) is 5.92. The van der Waals surface area contributed by atoms with E-state index in [1.807, 2.05) is 99.6 Å². The molecule has 2 atom stereocenters. The summed E-state index contributed by atoms with van der Waals surface area (Å²) in [7, 11) is 0. The average Bonchev–Trinajstić information content (AvgIpc) is 3.18. The number of aryl methyl sites for hydroxylation is 3. The Bertz CT molecular complexity index is 1650. The van der Waals surface area contributed by atoms with Crippen molar-refractivity contribution in [1.29, 1.82) is 0 Å². The van der Waals surface area contributed by atoms with Gasteiger partial charge in [0.05, 0.1) is 17.5 Å². The van der Waals surface area contributed by atoms with Gasteiger partial charge in [0.1, 0.15) is 5.41 Å². The van der Waals surface area contributed by atoms with Crippen molar-refractivity contribution >= 4 is 29.1 Å². The maximum Gasteiger partial charge on any atom is 0.240 e. The number of hydrogen-bond donors (Lipinski definition) is 1. The van der Waals surface area contributed by atoms with Crippen LogP contribution >= 0.6 is 0 Å². The van der Waals surface area contributed by atoms with Crippen LogP contribution < -0.4 is 10.2 Å². The zero-order valence-electron chi connectivity index (χ0n) is 22.1. The summed E-state index contributed by atoms with van der Waals surface area (Å²) in [5, 5.41) is 3.18. The summed E-state index contributed by atoms with van der Waals surface area (Å²) < 4.78 is 0. The Morgan fingerprint density at radius 3 is 1.95 bits per heavy atom. The lowest BCUT2D eigenvalue weighted by molar-refractivity contribution is -0.132. The fourth-order valence-corrected chi connectivity index (χ4v) is 7.46. The number of imide groups is 1. The van der Waals surface area contributed by atoms with Crippen LogP contribution in [0.15, 0.2) is 91.0 Å². The molecule has 39 heavy (non-hydrogen) atoms. The van der Waals surface area contributed by atoms with Gasteiger partial charge in [-0.2, -0.15) is 0 Å². The molecule has 192 valence electrons. The molecule has 5 nitrogen and oxygen atoms in total. The van der Waals surface area contributed by atoms with Gasteiger partial charge in [0, 0.05) is 11.6 Å². The lowest BCUT2D eigenvalue weighted by atomic mass is 9.47. The van der Waals surface area contributed by atoms with E-state index in [0.29, 0.717) is 11.4 Å². The van der Waals surface area contributed by atoms with Crippen LogP contribution in [0, 0.1) is 32.6 Å². The highest BCUT2D eigenvalue weighted by molar-refractivity contribution is 6.26. The van der Waals surface area contributed by atoms with E-state index in [9.17, 15) is 14.4 Å². The minimum Gasteiger partial charge on any atom is -0.325 e. The fourth-order valence-electron chi connectivity index (χ4n) is 7.46. The highest BCUT2D eigenvalue weighted by Crippen LogP contribution is 2.64. The summed E-state index contributed by atoms with van der Waals surface area (Å²) in [5.74, 6) is -2.68. The van der Waals surface area contributed by atoms with Crippen molar-refractivity contribution in [3.63, 3.8) is 0 Å². The Kier molecular flexibility index (Phi) is 4.99. The van der Waals surface area contributed by atoms with Gasteiger partial charge < -0.3 is 5.32 Å². The van der Waals surface area contributed by atoms with Crippen LogP contribution in [0.3, 0.4) is 0 Å². The van der Waals surface area contributed by atoms with E-state index >= 15 is 0 Å². The van der Waals surface area contributed by atoms with Crippen LogP contribution in [-0.2, 0) is 19.8 Å². The van der Waals surface area contributed by atoms with E-state index in [0.717, 1.165) is 38.9 Å². The van der Waals surface area contributed by atoms with Gasteiger partial charge in [-0.05, 0) is 84.0 Å². The van der Waals surface area contributed by atoms with E-state index in [2.05, 4.69) is 11.4 Å². The molecule has 2 bridgehead atoms. The molecule has 5 heteroatoms. The number of carbonyl (C=O) groups is 3. The number of amides is 3. The Balaban J connectivity index is 1.49. The van der Waals surface area contributed by atoms with Gasteiger partial charge in [0.2, 0.25) is 17.7 Å². The lowest BCUT2D eigenvalue weighted by Gasteiger charge is -2.52. The van der Waals surface area contributed by atoms with Crippen molar-refractivity contribution in [2.75, 3.05) is 10.2 Å². The number of nitrogens with zero attached hydrogens (tertiary/aromatic N) is 1. The minimum absolute atomic E-state index is 0.242. The third-order valence-corrected chi connectivity index (χ3v) is 8.72. The average molecular weight is 513 g/mol. The first-order valence-corrected chi connectivity index (χ1v) is 13.4. The molecule has 3 aliphatic carbocycles. The molecular weight excluding hydrogens is 484 g/mol. The van der Waals surface area contributed by atoms with Crippen molar-refractivity contribution in [3.8, 4) is 0 Å². The van der Waals surface area contributed by atoms with Crippen LogP contribution in [0.4, 0.5) is 11.4 Å². The number of anilines is 2. The summed E-state index contributed by atoms with van der Waals surface area (Å²) in [4.78, 5) is 44.8. The molecule has 4 aromatic rings. The zero-order valence-corrected chi connectivity index (χ0v) is 22.1. The number of rotatable bonds is 3. The topological polar surface area (TPSA) is 66.5 Å². The fraction of sp³-hybridized carbons (Fsp3) is 0.206. The van der Waals surface area contributed by atoms with Crippen molar-refractivity contribution in [2.24, 2.45) is 11.8 Å². The molecule has 1 aliphatic heterocycles. The largest absolute Gasteiger partial charge is 0.325 e. The molecule has 4 aliphatic rings. The normalized spacial score (nSPS) is 24.3. The molecule has 1 heterocycles. The van der Waals surface area contributed by atoms with Crippen molar-refractivity contribution < 1.29 is 14.4 Å². The molecule has 1 N–H and O–H groups in total. The predicted molar refractivity (Wildman–Crippen MR) is 151 cm³/mol. The lowest BCUT2D eigenvalue weighted by Crippen LogP contribution is -2.59. The smallest absolute Gasteiger partial charge is 0.240 e. The molecule has 0 unspecified atom stereocenters. The van der Waals surface area contributed by atoms with Crippen LogP contribution in [0.1, 0.15) is 44.9 Å². The molecule has 0 saturated carbocycles. The van der Waals surface area contributed by atoms with Crippen molar-refractivity contribution in [2.45, 2.75) is 32.1 Å². The van der Waals surface area contributed by atoms with Gasteiger partial charge in [-0.15, -0.1) is 0 Å². The molecule has 0 radical (unpaired) electrons. The summed E-state index contributed by atoms with van der Waals surface area (Å²) >= 11 is 0. The highest BCUT2D eigenvalue weighted by Gasteiger charge is 2.71. The summed E-state index contributed by atoms with van der Waals surface area (Å²) in [6.07, 6.45) is 0. The monoisotopic (exact) mass is 512 g/mol. The summed E-state index contributed by atoms with van der Waals surface area (Å²) in [6, 6.07) is 29.1. The SMILES string of the molecule is Cc1cc(C)cc(NC(=O)C23c4ccccc4C(c4ccccc42)[C@@H]2C(=O)N(c4cccc(C)c4)C(=O)[C@@H]23)c1.